The number of hydrogen-bond acceptors (Lipinski definition) is 9. The Kier molecular flexibility index (Phi) is 8.23. The lowest BCUT2D eigenvalue weighted by Gasteiger charge is -2.40. The first-order valence-electron chi connectivity index (χ1n) is 12.2. The summed E-state index contributed by atoms with van der Waals surface area (Å²) in [6, 6.07) is 7.47. The molecule has 0 unspecified atom stereocenters. The van der Waals surface area contributed by atoms with Crippen LogP contribution in [0.2, 0.25) is 0 Å². The van der Waals surface area contributed by atoms with Crippen molar-refractivity contribution < 1.29 is 28.5 Å². The van der Waals surface area contributed by atoms with Crippen LogP contribution in [0.1, 0.15) is 69.1 Å². The van der Waals surface area contributed by atoms with Crippen molar-refractivity contribution >= 4 is 44.5 Å². The lowest BCUT2D eigenvalue weighted by atomic mass is 9.63. The van der Waals surface area contributed by atoms with Crippen LogP contribution >= 0.6 is 22.1 Å². The summed E-state index contributed by atoms with van der Waals surface area (Å²) < 4.78 is 36.6. The molecule has 0 amide bonds. The molecule has 10 heteroatoms. The highest BCUT2D eigenvalue weighted by atomic mass is 32.3. The molecule has 8 nitrogen and oxygen atoms in total. The van der Waals surface area contributed by atoms with Crippen molar-refractivity contribution in [2.75, 3.05) is 19.2 Å². The number of carbonyl (C=O) groups excluding carboxylic acids is 1. The molecule has 0 fully saturated rings. The van der Waals surface area contributed by atoms with Crippen LogP contribution in [0, 0.1) is 0 Å². The topological polar surface area (TPSA) is 121 Å². The zero-order chi connectivity index (χ0) is 25.9. The van der Waals surface area contributed by atoms with Gasteiger partial charge >= 0.3 is 0 Å². The second-order valence-electron chi connectivity index (χ2n) is 9.15. The van der Waals surface area contributed by atoms with E-state index < -0.39 is 16.2 Å². The van der Waals surface area contributed by atoms with Gasteiger partial charge in [-0.25, -0.2) is 0 Å². The molecule has 2 heterocycles. The van der Waals surface area contributed by atoms with E-state index >= 15 is 0 Å². The first-order valence-corrected chi connectivity index (χ1v) is 14.6. The number of aliphatic hydroxyl groups excluding tert-OH is 1. The lowest BCUT2D eigenvalue weighted by Crippen LogP contribution is -2.44. The maximum atomic E-state index is 14.3. The second-order valence-corrected chi connectivity index (χ2v) is 11.7. The third-order valence-electron chi connectivity index (χ3n) is 6.75. The lowest BCUT2D eigenvalue weighted by molar-refractivity contribution is -0.121. The Morgan fingerprint density at radius 3 is 2.50 bits per heavy atom. The maximum Gasteiger partial charge on any atom is 0.180 e. The number of ketones is 1. The van der Waals surface area contributed by atoms with Crippen molar-refractivity contribution in [3.05, 3.63) is 51.9 Å². The molecule has 0 atom stereocenters. The predicted octanol–water partition coefficient (Wildman–Crippen LogP) is 6.89. The number of Topliss-reactive ketones (excluding diaryl/α,β-unsaturated/α-hetero) is 1. The Hall–Kier alpha value is -2.21. The van der Waals surface area contributed by atoms with Gasteiger partial charge in [-0.3, -0.25) is 13.9 Å². The molecular formula is C26H34N2O6S2. The number of ether oxygens (including phenoxy) is 2. The number of aliphatic hydroxyl groups is 1. The van der Waals surface area contributed by atoms with E-state index in [1.807, 2.05) is 24.3 Å². The molecule has 36 heavy (non-hydrogen) atoms. The first kappa shape index (κ1) is 26.8. The summed E-state index contributed by atoms with van der Waals surface area (Å²) in [5, 5.41) is 16.7. The van der Waals surface area contributed by atoms with Crippen molar-refractivity contribution in [3.8, 4) is 0 Å². The standard InChI is InChI=1S/C26H34N2O6S2/c1-4-6-12-26(13-7-5-2)19-11-9-8-10-18(19)21(29)20(23(26)30)24-27-25-22(36(31,32)28-24)17(15-35-25)14-34-16-33-3/h8-11,15,29,31-32H,4-7,12-14,16H2,1-3H3,(H,27,28). The van der Waals surface area contributed by atoms with Crippen molar-refractivity contribution in [2.24, 2.45) is 4.40 Å². The largest absolute Gasteiger partial charge is 0.506 e. The third-order valence-corrected chi connectivity index (χ3v) is 9.27. The van der Waals surface area contributed by atoms with Crippen LogP contribution in [-0.4, -0.2) is 39.7 Å². The molecule has 0 saturated carbocycles. The Morgan fingerprint density at radius 1 is 1.14 bits per heavy atom. The van der Waals surface area contributed by atoms with Gasteiger partial charge in [0.05, 0.1) is 12.0 Å². The minimum atomic E-state index is -3.64. The van der Waals surface area contributed by atoms with Crippen LogP contribution < -0.4 is 5.32 Å². The van der Waals surface area contributed by atoms with E-state index in [1.54, 1.807) is 5.38 Å². The van der Waals surface area contributed by atoms with Crippen LogP contribution in [-0.2, 0) is 26.3 Å². The molecule has 2 aromatic rings. The summed E-state index contributed by atoms with van der Waals surface area (Å²) in [4.78, 5) is 14.6. The highest BCUT2D eigenvalue weighted by Gasteiger charge is 2.49. The number of unbranched alkanes of at least 4 members (excludes halogenated alkanes) is 2. The molecule has 196 valence electrons. The number of methoxy groups -OCH3 is 1. The normalized spacial score (nSPS) is 18.8. The minimum absolute atomic E-state index is 0.0110. The fourth-order valence-corrected chi connectivity index (χ4v) is 7.67. The predicted molar refractivity (Wildman–Crippen MR) is 145 cm³/mol. The van der Waals surface area contributed by atoms with E-state index in [1.165, 1.54) is 18.4 Å². The summed E-state index contributed by atoms with van der Waals surface area (Å²) in [6.07, 6.45) is 4.86. The Labute approximate surface area is 217 Å². The molecule has 4 N–H and O–H groups in total. The van der Waals surface area contributed by atoms with Crippen LogP contribution in [0.25, 0.3) is 5.76 Å². The Balaban J connectivity index is 1.82. The van der Waals surface area contributed by atoms with E-state index in [-0.39, 0.29) is 41.2 Å². The van der Waals surface area contributed by atoms with Gasteiger partial charge in [-0.05, 0) is 18.4 Å². The average molecular weight is 535 g/mol. The van der Waals surface area contributed by atoms with E-state index in [4.69, 9.17) is 9.47 Å². The maximum absolute atomic E-state index is 14.3. The minimum Gasteiger partial charge on any atom is -0.506 e. The number of amidine groups is 1. The molecule has 2 aliphatic rings. The summed E-state index contributed by atoms with van der Waals surface area (Å²) in [7, 11) is -2.13. The van der Waals surface area contributed by atoms with Crippen molar-refractivity contribution in [2.45, 2.75) is 69.3 Å². The molecule has 1 aliphatic carbocycles. The number of nitrogens with zero attached hydrogens (tertiary/aromatic N) is 1. The molecule has 1 aromatic heterocycles. The van der Waals surface area contributed by atoms with Gasteiger partial charge in [-0.1, -0.05) is 74.6 Å². The van der Waals surface area contributed by atoms with Gasteiger partial charge in [-0.2, -0.15) is 0 Å². The number of hydrogen-bond donors (Lipinski definition) is 4. The number of anilines is 1. The average Bonchev–Trinajstić information content (AvgIpc) is 3.28. The molecule has 0 spiro atoms. The first-order chi connectivity index (χ1) is 17.3. The van der Waals surface area contributed by atoms with Crippen LogP contribution in [0.4, 0.5) is 5.00 Å². The highest BCUT2D eigenvalue weighted by molar-refractivity contribution is 8.23. The molecule has 0 radical (unpaired) electrons. The van der Waals surface area contributed by atoms with Crippen LogP contribution in [0.5, 0.6) is 0 Å². The Morgan fingerprint density at radius 2 is 1.83 bits per heavy atom. The number of benzene rings is 1. The van der Waals surface area contributed by atoms with Gasteiger partial charge < -0.3 is 19.9 Å². The van der Waals surface area contributed by atoms with Crippen molar-refractivity contribution in [3.63, 3.8) is 0 Å². The second kappa shape index (κ2) is 11.0. The van der Waals surface area contributed by atoms with Gasteiger partial charge in [0.1, 0.15) is 28.0 Å². The summed E-state index contributed by atoms with van der Waals surface area (Å²) in [6.45, 7) is 4.38. The monoisotopic (exact) mass is 534 g/mol. The van der Waals surface area contributed by atoms with Gasteiger partial charge in [-0.15, -0.1) is 15.7 Å². The summed E-state index contributed by atoms with van der Waals surface area (Å²) in [5.41, 5.74) is 1.20. The molecule has 0 saturated heterocycles. The molecule has 1 aliphatic heterocycles. The van der Waals surface area contributed by atoms with Gasteiger partial charge in [0.2, 0.25) is 0 Å². The summed E-state index contributed by atoms with van der Waals surface area (Å²) >= 11 is 1.27. The van der Waals surface area contributed by atoms with Crippen molar-refractivity contribution in [1.29, 1.82) is 0 Å². The van der Waals surface area contributed by atoms with E-state index in [0.29, 0.717) is 29.0 Å². The molecular weight excluding hydrogens is 500 g/mol. The van der Waals surface area contributed by atoms with E-state index in [2.05, 4.69) is 23.6 Å². The number of thiophene rings is 1. The SMILES string of the molecule is CCCCC1(CCCC)C(=O)C(C2=NS(O)(O)c3c(COCOC)csc3N2)=C(O)c2ccccc21. The van der Waals surface area contributed by atoms with Crippen LogP contribution in [0.15, 0.2) is 44.5 Å². The van der Waals surface area contributed by atoms with Gasteiger partial charge in [0, 0.05) is 23.6 Å². The Bertz CT molecular complexity index is 1180. The van der Waals surface area contributed by atoms with E-state index in [0.717, 1.165) is 31.2 Å². The number of rotatable bonds is 11. The molecule has 1 aromatic carbocycles. The number of carbonyl (C=O) groups is 1. The number of fused-ring (bicyclic) bond motifs is 2. The summed E-state index contributed by atoms with van der Waals surface area (Å²) in [5.74, 6) is -0.432. The van der Waals surface area contributed by atoms with Crippen molar-refractivity contribution in [1.82, 2.24) is 0 Å². The molecule has 4 rings (SSSR count). The fraction of sp³-hybridized carbons (Fsp3) is 0.462. The van der Waals surface area contributed by atoms with Crippen LogP contribution in [0.3, 0.4) is 0 Å². The third kappa shape index (κ3) is 4.73. The van der Waals surface area contributed by atoms with E-state index in [9.17, 15) is 19.0 Å². The smallest absolute Gasteiger partial charge is 0.180 e. The molecule has 0 bridgehead atoms. The zero-order valence-electron chi connectivity index (χ0n) is 20.9. The highest BCUT2D eigenvalue weighted by Crippen LogP contribution is 2.60. The number of nitrogens with one attached hydrogen (secondary N) is 1. The van der Waals surface area contributed by atoms with Gasteiger partial charge in [0.25, 0.3) is 0 Å². The van der Waals surface area contributed by atoms with Gasteiger partial charge in [0.15, 0.2) is 11.6 Å². The zero-order valence-corrected chi connectivity index (χ0v) is 22.5. The quantitative estimate of drug-likeness (QED) is 0.183. The fourth-order valence-electron chi connectivity index (χ4n) is 5.02.